The number of aliphatic hydroxyl groups excluding tert-OH is 1. The molecule has 0 radical (unpaired) electrons. The van der Waals surface area contributed by atoms with Gasteiger partial charge in [-0.05, 0) is 26.0 Å². The van der Waals surface area contributed by atoms with E-state index in [-0.39, 0.29) is 6.61 Å². The SMILES string of the molecule is CCNC(CCO)CSc1ccoc1C. The van der Waals surface area contributed by atoms with Crippen LogP contribution in [0.25, 0.3) is 0 Å². The third-order valence-corrected chi connectivity index (χ3v) is 3.53. The Hall–Kier alpha value is -0.450. The summed E-state index contributed by atoms with van der Waals surface area (Å²) in [6.07, 6.45) is 2.52. The molecule has 86 valence electrons. The van der Waals surface area contributed by atoms with Crippen molar-refractivity contribution in [3.63, 3.8) is 0 Å². The molecule has 1 aromatic heterocycles. The van der Waals surface area contributed by atoms with Gasteiger partial charge in [0.25, 0.3) is 0 Å². The molecule has 0 fully saturated rings. The Balaban J connectivity index is 2.36. The summed E-state index contributed by atoms with van der Waals surface area (Å²) in [5.74, 6) is 1.94. The molecule has 2 N–H and O–H groups in total. The van der Waals surface area contributed by atoms with Gasteiger partial charge in [-0.25, -0.2) is 0 Å². The quantitative estimate of drug-likeness (QED) is 0.702. The van der Waals surface area contributed by atoms with Gasteiger partial charge in [-0.1, -0.05) is 6.92 Å². The van der Waals surface area contributed by atoms with E-state index in [1.165, 1.54) is 4.90 Å². The number of furan rings is 1. The van der Waals surface area contributed by atoms with Crippen molar-refractivity contribution in [1.29, 1.82) is 0 Å². The lowest BCUT2D eigenvalue weighted by Gasteiger charge is -2.15. The second-order valence-electron chi connectivity index (χ2n) is 3.42. The van der Waals surface area contributed by atoms with Gasteiger partial charge in [0.15, 0.2) is 0 Å². The van der Waals surface area contributed by atoms with E-state index in [1.54, 1.807) is 18.0 Å². The first-order valence-corrected chi connectivity index (χ1v) is 6.27. The number of hydrogen-bond acceptors (Lipinski definition) is 4. The highest BCUT2D eigenvalue weighted by atomic mass is 32.2. The predicted molar refractivity (Wildman–Crippen MR) is 63.3 cm³/mol. The van der Waals surface area contributed by atoms with Crippen molar-refractivity contribution in [2.75, 3.05) is 18.9 Å². The van der Waals surface area contributed by atoms with Crippen molar-refractivity contribution in [3.8, 4) is 0 Å². The predicted octanol–water partition coefficient (Wildman–Crippen LogP) is 2.04. The van der Waals surface area contributed by atoms with Crippen LogP contribution in [0.1, 0.15) is 19.1 Å². The summed E-state index contributed by atoms with van der Waals surface area (Å²) in [5.41, 5.74) is 0. The Morgan fingerprint density at radius 1 is 1.60 bits per heavy atom. The first kappa shape index (κ1) is 12.6. The van der Waals surface area contributed by atoms with Crippen molar-refractivity contribution < 1.29 is 9.52 Å². The van der Waals surface area contributed by atoms with Crippen LogP contribution in [-0.2, 0) is 0 Å². The zero-order chi connectivity index (χ0) is 11.1. The van der Waals surface area contributed by atoms with Crippen molar-refractivity contribution in [3.05, 3.63) is 18.1 Å². The van der Waals surface area contributed by atoms with Crippen LogP contribution in [0, 0.1) is 6.92 Å². The Morgan fingerprint density at radius 2 is 2.40 bits per heavy atom. The molecule has 0 spiro atoms. The molecule has 0 saturated heterocycles. The highest BCUT2D eigenvalue weighted by molar-refractivity contribution is 7.99. The van der Waals surface area contributed by atoms with Gasteiger partial charge in [0.2, 0.25) is 0 Å². The third-order valence-electron chi connectivity index (χ3n) is 2.22. The van der Waals surface area contributed by atoms with Gasteiger partial charge in [0.05, 0.1) is 6.26 Å². The maximum atomic E-state index is 8.91. The van der Waals surface area contributed by atoms with E-state index < -0.39 is 0 Å². The molecule has 1 atom stereocenters. The van der Waals surface area contributed by atoms with Gasteiger partial charge < -0.3 is 14.8 Å². The molecule has 0 saturated carbocycles. The lowest BCUT2D eigenvalue weighted by Crippen LogP contribution is -2.32. The third kappa shape index (κ3) is 4.28. The number of aliphatic hydroxyl groups is 1. The fourth-order valence-electron chi connectivity index (χ4n) is 1.40. The summed E-state index contributed by atoms with van der Waals surface area (Å²) >= 11 is 1.77. The molecular weight excluding hydrogens is 210 g/mol. The highest BCUT2D eigenvalue weighted by Gasteiger charge is 2.09. The highest BCUT2D eigenvalue weighted by Crippen LogP contribution is 2.24. The molecule has 0 aliphatic carbocycles. The molecule has 3 nitrogen and oxygen atoms in total. The fraction of sp³-hybridized carbons (Fsp3) is 0.636. The van der Waals surface area contributed by atoms with Crippen LogP contribution < -0.4 is 5.32 Å². The van der Waals surface area contributed by atoms with Crippen molar-refractivity contribution in [2.24, 2.45) is 0 Å². The van der Waals surface area contributed by atoms with Crippen LogP contribution >= 0.6 is 11.8 Å². The van der Waals surface area contributed by atoms with Crippen LogP contribution in [0.4, 0.5) is 0 Å². The summed E-state index contributed by atoms with van der Waals surface area (Å²) in [5, 5.41) is 12.3. The van der Waals surface area contributed by atoms with Gasteiger partial charge in [-0.15, -0.1) is 11.8 Å². The molecule has 0 aliphatic rings. The van der Waals surface area contributed by atoms with Gasteiger partial charge in [0.1, 0.15) is 5.76 Å². The van der Waals surface area contributed by atoms with Crippen LogP contribution in [0.15, 0.2) is 21.6 Å². The molecule has 1 rings (SSSR count). The monoisotopic (exact) mass is 229 g/mol. The number of thioether (sulfide) groups is 1. The molecule has 0 bridgehead atoms. The molecule has 0 amide bonds. The van der Waals surface area contributed by atoms with Crippen molar-refractivity contribution in [2.45, 2.75) is 31.2 Å². The zero-order valence-electron chi connectivity index (χ0n) is 9.32. The maximum absolute atomic E-state index is 8.91. The van der Waals surface area contributed by atoms with E-state index in [0.717, 1.165) is 24.5 Å². The lowest BCUT2D eigenvalue weighted by molar-refractivity contribution is 0.271. The lowest BCUT2D eigenvalue weighted by atomic mass is 10.2. The summed E-state index contributed by atoms with van der Waals surface area (Å²) in [6.45, 7) is 5.23. The summed E-state index contributed by atoms with van der Waals surface area (Å²) < 4.78 is 5.23. The number of rotatable bonds is 7. The Kier molecular flexibility index (Phi) is 5.83. The molecule has 0 aliphatic heterocycles. The Labute approximate surface area is 95.2 Å². The summed E-state index contributed by atoms with van der Waals surface area (Å²) in [4.78, 5) is 1.19. The largest absolute Gasteiger partial charge is 0.468 e. The second kappa shape index (κ2) is 6.93. The van der Waals surface area contributed by atoms with E-state index in [9.17, 15) is 0 Å². The van der Waals surface area contributed by atoms with Crippen molar-refractivity contribution in [1.82, 2.24) is 5.32 Å². The minimum Gasteiger partial charge on any atom is -0.468 e. The second-order valence-corrected chi connectivity index (χ2v) is 4.48. The molecule has 4 heteroatoms. The van der Waals surface area contributed by atoms with Crippen LogP contribution in [-0.4, -0.2) is 30.1 Å². The molecule has 1 heterocycles. The summed E-state index contributed by atoms with van der Waals surface area (Å²) in [7, 11) is 0. The molecule has 1 unspecified atom stereocenters. The standard InChI is InChI=1S/C11H19NO2S/c1-3-12-10(4-6-13)8-15-11-5-7-14-9(11)2/h5,7,10,12-13H,3-4,6,8H2,1-2H3. The maximum Gasteiger partial charge on any atom is 0.114 e. The van der Waals surface area contributed by atoms with E-state index in [1.807, 2.05) is 13.0 Å². The van der Waals surface area contributed by atoms with E-state index in [2.05, 4.69) is 12.2 Å². The number of hydrogen-bond donors (Lipinski definition) is 2. The fourth-order valence-corrected chi connectivity index (χ4v) is 2.47. The number of aryl methyl sites for hydroxylation is 1. The normalized spacial score (nSPS) is 13.0. The van der Waals surface area contributed by atoms with Gasteiger partial charge in [-0.3, -0.25) is 0 Å². The van der Waals surface area contributed by atoms with Crippen LogP contribution in [0.5, 0.6) is 0 Å². The zero-order valence-corrected chi connectivity index (χ0v) is 10.1. The summed E-state index contributed by atoms with van der Waals surface area (Å²) in [6, 6.07) is 2.36. The first-order valence-electron chi connectivity index (χ1n) is 5.29. The smallest absolute Gasteiger partial charge is 0.114 e. The van der Waals surface area contributed by atoms with Gasteiger partial charge in [-0.2, -0.15) is 0 Å². The average molecular weight is 229 g/mol. The minimum atomic E-state index is 0.239. The number of nitrogens with one attached hydrogen (secondary N) is 1. The minimum absolute atomic E-state index is 0.239. The molecule has 1 aromatic rings. The van der Waals surface area contributed by atoms with Gasteiger partial charge >= 0.3 is 0 Å². The van der Waals surface area contributed by atoms with E-state index in [0.29, 0.717) is 6.04 Å². The molecule has 0 aromatic carbocycles. The average Bonchev–Trinajstić information content (AvgIpc) is 2.61. The van der Waals surface area contributed by atoms with Gasteiger partial charge in [0, 0.05) is 23.3 Å². The topological polar surface area (TPSA) is 45.4 Å². The Bertz CT molecular complexity index is 269. The van der Waals surface area contributed by atoms with E-state index >= 15 is 0 Å². The molecule has 15 heavy (non-hydrogen) atoms. The van der Waals surface area contributed by atoms with Crippen molar-refractivity contribution >= 4 is 11.8 Å². The molecular formula is C11H19NO2S. The Morgan fingerprint density at radius 3 is 2.93 bits per heavy atom. The van der Waals surface area contributed by atoms with E-state index in [4.69, 9.17) is 9.52 Å². The first-order chi connectivity index (χ1) is 7.27. The van der Waals surface area contributed by atoms with Crippen LogP contribution in [0.3, 0.4) is 0 Å². The van der Waals surface area contributed by atoms with Crippen LogP contribution in [0.2, 0.25) is 0 Å².